The largest absolute Gasteiger partial charge is 0.456 e. The maximum atomic E-state index is 14.0. The van der Waals surface area contributed by atoms with Crippen LogP contribution in [-0.4, -0.2) is 53.1 Å². The summed E-state index contributed by atoms with van der Waals surface area (Å²) < 4.78 is 12.5. The first-order valence-corrected chi connectivity index (χ1v) is 19.1. The van der Waals surface area contributed by atoms with E-state index in [1.807, 2.05) is 32.0 Å². The minimum atomic E-state index is -2.03. The molecule has 6 rings (SSSR count). The Hall–Kier alpha value is -4.45. The van der Waals surface area contributed by atoms with Crippen molar-refractivity contribution in [3.63, 3.8) is 0 Å². The van der Waals surface area contributed by atoms with Crippen LogP contribution in [0.2, 0.25) is 18.1 Å². The Bertz CT molecular complexity index is 1840. The van der Waals surface area contributed by atoms with Crippen LogP contribution in [0.1, 0.15) is 67.2 Å². The predicted molar refractivity (Wildman–Crippen MR) is 182 cm³/mol. The van der Waals surface area contributed by atoms with Crippen molar-refractivity contribution in [1.82, 2.24) is 4.90 Å². The molecular formula is C37H40N2O8Si. The first-order chi connectivity index (χ1) is 23.0. The highest BCUT2D eigenvalue weighted by Gasteiger charge is 2.61. The fourth-order valence-corrected chi connectivity index (χ4v) is 10.7. The van der Waals surface area contributed by atoms with Crippen molar-refractivity contribution in [3.05, 3.63) is 104 Å². The van der Waals surface area contributed by atoms with Gasteiger partial charge in [-0.2, -0.15) is 0 Å². The van der Waals surface area contributed by atoms with Gasteiger partial charge in [0.2, 0.25) is 5.91 Å². The Labute approximate surface area is 280 Å². The van der Waals surface area contributed by atoms with Crippen LogP contribution in [0.4, 0.5) is 5.69 Å². The molecule has 3 aliphatic rings. The summed E-state index contributed by atoms with van der Waals surface area (Å²) in [6, 6.07) is 19.1. The number of ketones is 1. The summed E-state index contributed by atoms with van der Waals surface area (Å²) in [5.41, 5.74) is 5.19. The van der Waals surface area contributed by atoms with E-state index < -0.39 is 25.1 Å². The molecule has 250 valence electrons. The zero-order valence-corrected chi connectivity index (χ0v) is 28.8. The summed E-state index contributed by atoms with van der Waals surface area (Å²) in [6.07, 6.45) is -0.332. The Kier molecular flexibility index (Phi) is 8.97. The number of ether oxygens (including phenoxy) is 1. The number of β-lactam (4-membered cyclic amide) rings is 1. The number of carbonyl (C=O) groups excluding carboxylic acids is 3. The van der Waals surface area contributed by atoms with E-state index in [2.05, 4.69) is 20.8 Å². The number of aliphatic hydroxyl groups is 1. The summed E-state index contributed by atoms with van der Waals surface area (Å²) in [4.78, 5) is 53.6. The van der Waals surface area contributed by atoms with Crippen molar-refractivity contribution in [2.45, 2.75) is 78.1 Å². The third-order valence-electron chi connectivity index (χ3n) is 10.6. The second-order valence-electron chi connectivity index (χ2n) is 13.0. The van der Waals surface area contributed by atoms with Gasteiger partial charge in [-0.3, -0.25) is 19.7 Å². The van der Waals surface area contributed by atoms with Crippen molar-refractivity contribution in [1.29, 1.82) is 0 Å². The van der Waals surface area contributed by atoms with Crippen LogP contribution < -0.4 is 0 Å². The molecule has 0 bridgehead atoms. The van der Waals surface area contributed by atoms with Gasteiger partial charge in [-0.15, -0.1) is 0 Å². The van der Waals surface area contributed by atoms with Gasteiger partial charge in [0.1, 0.15) is 12.3 Å². The topological polar surface area (TPSA) is 136 Å². The van der Waals surface area contributed by atoms with Gasteiger partial charge in [-0.1, -0.05) is 52.0 Å². The average molecular weight is 669 g/mol. The normalized spacial score (nSPS) is 20.3. The smallest absolute Gasteiger partial charge is 0.355 e. The van der Waals surface area contributed by atoms with Gasteiger partial charge < -0.3 is 19.2 Å². The zero-order valence-electron chi connectivity index (χ0n) is 27.8. The average Bonchev–Trinajstić information content (AvgIpc) is 3.53. The number of nitro groups is 1. The number of amides is 1. The Morgan fingerprint density at radius 3 is 2.21 bits per heavy atom. The van der Waals surface area contributed by atoms with E-state index in [4.69, 9.17) is 9.16 Å². The van der Waals surface area contributed by atoms with Crippen molar-refractivity contribution < 1.29 is 33.6 Å². The molecule has 2 heterocycles. The zero-order chi connectivity index (χ0) is 34.5. The number of aliphatic hydroxyl groups excluding tert-OH is 1. The van der Waals surface area contributed by atoms with Gasteiger partial charge in [0.25, 0.3) is 5.69 Å². The highest BCUT2D eigenvalue weighted by Crippen LogP contribution is 2.52. The van der Waals surface area contributed by atoms with Crippen LogP contribution in [0.25, 0.3) is 16.7 Å². The molecule has 3 aromatic carbocycles. The van der Waals surface area contributed by atoms with Gasteiger partial charge in [-0.25, -0.2) is 4.79 Å². The molecule has 1 saturated heterocycles. The number of nitro benzene ring substituents is 1. The quantitative estimate of drug-likeness (QED) is 0.0584. The Morgan fingerprint density at radius 1 is 0.938 bits per heavy atom. The predicted octanol–water partition coefficient (Wildman–Crippen LogP) is 6.64. The second kappa shape index (κ2) is 12.9. The van der Waals surface area contributed by atoms with Crippen molar-refractivity contribution in [2.24, 2.45) is 11.8 Å². The lowest BCUT2D eigenvalue weighted by molar-refractivity contribution is -0.384. The number of fused-ring (bicyclic) bond motifs is 4. The minimum absolute atomic E-state index is 0.0710. The second-order valence-corrected chi connectivity index (χ2v) is 17.7. The SMILES string of the molecule is CC[Si](CC)(CC)O[C@H](C)[C@H]1C(=O)N2C(C(=O)OCc3ccc([N+](=O)[O-])cc3)=C(c3ccc4c(c3)C(=O)c3ccc(CO)cc3-4)[C@H](C)[C@H]12. The Balaban J connectivity index is 1.37. The molecule has 0 radical (unpaired) electrons. The van der Waals surface area contributed by atoms with Crippen molar-refractivity contribution in [3.8, 4) is 11.1 Å². The van der Waals surface area contributed by atoms with Crippen LogP contribution in [0.5, 0.6) is 0 Å². The molecule has 48 heavy (non-hydrogen) atoms. The number of carbonyl (C=O) groups is 3. The molecule has 1 N–H and O–H groups in total. The van der Waals surface area contributed by atoms with Gasteiger partial charge in [0.05, 0.1) is 29.6 Å². The number of rotatable bonds is 12. The number of non-ortho nitro benzene ring substituents is 1. The molecule has 2 aliphatic heterocycles. The molecule has 0 unspecified atom stereocenters. The third kappa shape index (κ3) is 5.39. The standard InChI is InChI=1S/C37H40N2O8Si/c1-6-48(7-2,8-3)47-22(5)32-33-21(4)31(25-12-16-27-29-17-24(19-40)11-15-28(29)35(41)30(27)18-25)34(38(33)36(32)42)37(43)46-20-23-9-13-26(14-10-23)39(44)45/h9-18,21-22,32-33,40H,6-8,19-20H2,1-5H3/t21-,22+,32+,33+/m0/s1. The monoisotopic (exact) mass is 668 g/mol. The molecule has 1 aliphatic carbocycles. The van der Waals surface area contributed by atoms with Crippen LogP contribution in [-0.2, 0) is 32.0 Å². The van der Waals surface area contributed by atoms with E-state index in [-0.39, 0.29) is 54.4 Å². The summed E-state index contributed by atoms with van der Waals surface area (Å²) in [5, 5.41) is 20.8. The number of benzene rings is 3. The highest BCUT2D eigenvalue weighted by atomic mass is 28.4. The van der Waals surface area contributed by atoms with Gasteiger partial charge in [0, 0.05) is 29.2 Å². The molecule has 0 aromatic heterocycles. The molecule has 10 nitrogen and oxygen atoms in total. The molecule has 3 aromatic rings. The van der Waals surface area contributed by atoms with Crippen molar-refractivity contribution in [2.75, 3.05) is 0 Å². The number of nitrogens with zero attached hydrogens (tertiary/aromatic N) is 2. The summed E-state index contributed by atoms with van der Waals surface area (Å²) >= 11 is 0. The van der Waals surface area contributed by atoms with Crippen LogP contribution in [0.3, 0.4) is 0 Å². The Morgan fingerprint density at radius 2 is 1.58 bits per heavy atom. The summed E-state index contributed by atoms with van der Waals surface area (Å²) in [6.45, 7) is 10.1. The van der Waals surface area contributed by atoms with Crippen molar-refractivity contribution >= 4 is 37.2 Å². The molecule has 1 amide bonds. The molecule has 0 spiro atoms. The van der Waals surface area contributed by atoms with E-state index in [0.29, 0.717) is 33.4 Å². The molecule has 11 heteroatoms. The van der Waals surface area contributed by atoms with E-state index >= 15 is 0 Å². The third-order valence-corrected chi connectivity index (χ3v) is 15.4. The lowest BCUT2D eigenvalue weighted by Gasteiger charge is -2.49. The number of hydrogen-bond acceptors (Lipinski definition) is 8. The highest BCUT2D eigenvalue weighted by molar-refractivity contribution is 6.73. The maximum absolute atomic E-state index is 14.0. The summed E-state index contributed by atoms with van der Waals surface area (Å²) in [7, 11) is -2.03. The fraction of sp³-hybridized carbons (Fsp3) is 0.378. The molecule has 4 atom stereocenters. The van der Waals surface area contributed by atoms with Crippen LogP contribution in [0, 0.1) is 22.0 Å². The van der Waals surface area contributed by atoms with E-state index in [9.17, 15) is 29.6 Å². The minimum Gasteiger partial charge on any atom is -0.456 e. The van der Waals surface area contributed by atoms with Gasteiger partial charge in [-0.05, 0) is 82.7 Å². The number of esters is 1. The van der Waals surface area contributed by atoms with Gasteiger partial charge in [0.15, 0.2) is 14.1 Å². The number of hydrogen-bond donors (Lipinski definition) is 1. The lowest BCUT2D eigenvalue weighted by Crippen LogP contribution is -2.65. The van der Waals surface area contributed by atoms with Crippen LogP contribution in [0.15, 0.2) is 66.4 Å². The molecule has 1 fully saturated rings. The maximum Gasteiger partial charge on any atom is 0.355 e. The lowest BCUT2D eigenvalue weighted by atomic mass is 9.76. The van der Waals surface area contributed by atoms with E-state index in [1.165, 1.54) is 24.3 Å². The van der Waals surface area contributed by atoms with Crippen LogP contribution >= 0.6 is 0 Å². The van der Waals surface area contributed by atoms with E-state index in [0.717, 1.165) is 29.3 Å². The molecular weight excluding hydrogens is 628 g/mol. The van der Waals surface area contributed by atoms with Gasteiger partial charge >= 0.3 is 5.97 Å². The molecule has 0 saturated carbocycles. The summed E-state index contributed by atoms with van der Waals surface area (Å²) in [5.74, 6) is -1.72. The first kappa shape index (κ1) is 33.4. The van der Waals surface area contributed by atoms with E-state index in [1.54, 1.807) is 23.1 Å². The first-order valence-electron chi connectivity index (χ1n) is 16.6. The fourth-order valence-electron chi connectivity index (χ4n) is 7.72.